The standard InChI is InChI=1S/C17H20ClN3O2S/c18-14-3-4-16(19-8-14)20-17(22)11-21(9-13-5-7-24-12-13)10-15-2-1-6-23-15/h3-5,7-8,12,15H,1-2,6,9-11H2,(H,19,20,22)/t15-/m0/s1. The number of carbonyl (C=O) groups excluding carboxylic acids is 1. The molecule has 1 N–H and O–H groups in total. The van der Waals surface area contributed by atoms with E-state index in [1.165, 1.54) is 11.8 Å². The average molecular weight is 366 g/mol. The molecular formula is C17H20ClN3O2S. The zero-order valence-corrected chi connectivity index (χ0v) is 14.9. The van der Waals surface area contributed by atoms with Crippen molar-refractivity contribution in [3.05, 3.63) is 45.7 Å². The molecular weight excluding hydrogens is 346 g/mol. The van der Waals surface area contributed by atoms with Gasteiger partial charge in [0.25, 0.3) is 0 Å². The van der Waals surface area contributed by atoms with Gasteiger partial charge in [0.15, 0.2) is 0 Å². The van der Waals surface area contributed by atoms with Crippen LogP contribution in [-0.2, 0) is 16.1 Å². The Balaban J connectivity index is 1.58. The monoisotopic (exact) mass is 365 g/mol. The van der Waals surface area contributed by atoms with Crippen molar-refractivity contribution >= 4 is 34.7 Å². The summed E-state index contributed by atoms with van der Waals surface area (Å²) in [7, 11) is 0. The lowest BCUT2D eigenvalue weighted by Crippen LogP contribution is -2.37. The molecule has 2 aromatic heterocycles. The summed E-state index contributed by atoms with van der Waals surface area (Å²) in [6.45, 7) is 2.63. The number of nitrogens with zero attached hydrogens (tertiary/aromatic N) is 2. The van der Waals surface area contributed by atoms with E-state index in [4.69, 9.17) is 16.3 Å². The number of hydrogen-bond acceptors (Lipinski definition) is 5. The van der Waals surface area contributed by atoms with E-state index >= 15 is 0 Å². The van der Waals surface area contributed by atoms with Crippen LogP contribution in [0.5, 0.6) is 0 Å². The Morgan fingerprint density at radius 3 is 3.04 bits per heavy atom. The number of aromatic nitrogens is 1. The predicted octanol–water partition coefficient (Wildman–Crippen LogP) is 3.42. The highest BCUT2D eigenvalue weighted by molar-refractivity contribution is 7.07. The molecule has 24 heavy (non-hydrogen) atoms. The molecule has 1 aliphatic heterocycles. The van der Waals surface area contributed by atoms with Crippen LogP contribution in [0.2, 0.25) is 5.02 Å². The highest BCUT2D eigenvalue weighted by Crippen LogP contribution is 2.16. The van der Waals surface area contributed by atoms with Crippen molar-refractivity contribution in [2.45, 2.75) is 25.5 Å². The molecule has 0 aliphatic carbocycles. The number of rotatable bonds is 7. The van der Waals surface area contributed by atoms with Gasteiger partial charge in [-0.3, -0.25) is 9.69 Å². The Bertz CT molecular complexity index is 642. The van der Waals surface area contributed by atoms with Gasteiger partial charge in [-0.25, -0.2) is 4.98 Å². The third-order valence-electron chi connectivity index (χ3n) is 3.83. The van der Waals surface area contributed by atoms with E-state index in [9.17, 15) is 4.79 Å². The van der Waals surface area contributed by atoms with Crippen LogP contribution in [0, 0.1) is 0 Å². The molecule has 1 atom stereocenters. The van der Waals surface area contributed by atoms with Gasteiger partial charge in [-0.15, -0.1) is 0 Å². The molecule has 3 heterocycles. The van der Waals surface area contributed by atoms with E-state index in [0.29, 0.717) is 17.4 Å². The molecule has 0 aromatic carbocycles. The normalized spacial score (nSPS) is 17.3. The first-order chi connectivity index (χ1) is 11.7. The highest BCUT2D eigenvalue weighted by atomic mass is 35.5. The van der Waals surface area contributed by atoms with Crippen LogP contribution < -0.4 is 5.32 Å². The Labute approximate surface area is 150 Å². The van der Waals surface area contributed by atoms with E-state index in [1.54, 1.807) is 23.5 Å². The summed E-state index contributed by atoms with van der Waals surface area (Å²) in [5.74, 6) is 0.426. The van der Waals surface area contributed by atoms with Crippen molar-refractivity contribution in [1.29, 1.82) is 0 Å². The fraction of sp³-hybridized carbons (Fsp3) is 0.412. The summed E-state index contributed by atoms with van der Waals surface area (Å²) in [4.78, 5) is 18.6. The summed E-state index contributed by atoms with van der Waals surface area (Å²) < 4.78 is 5.72. The molecule has 0 spiro atoms. The van der Waals surface area contributed by atoms with Crippen LogP contribution in [-0.4, -0.2) is 41.6 Å². The van der Waals surface area contributed by atoms with Crippen molar-refractivity contribution in [1.82, 2.24) is 9.88 Å². The van der Waals surface area contributed by atoms with Crippen molar-refractivity contribution in [3.8, 4) is 0 Å². The first kappa shape index (κ1) is 17.4. The molecule has 1 fully saturated rings. The molecule has 128 valence electrons. The van der Waals surface area contributed by atoms with Crippen LogP contribution in [0.25, 0.3) is 0 Å². The lowest BCUT2D eigenvalue weighted by atomic mass is 10.2. The van der Waals surface area contributed by atoms with Gasteiger partial charge >= 0.3 is 0 Å². The zero-order chi connectivity index (χ0) is 16.8. The molecule has 0 radical (unpaired) electrons. The van der Waals surface area contributed by atoms with E-state index in [1.807, 2.05) is 0 Å². The highest BCUT2D eigenvalue weighted by Gasteiger charge is 2.21. The maximum Gasteiger partial charge on any atom is 0.239 e. The largest absolute Gasteiger partial charge is 0.377 e. The fourth-order valence-corrected chi connectivity index (χ4v) is 3.51. The van der Waals surface area contributed by atoms with Crippen molar-refractivity contribution in [3.63, 3.8) is 0 Å². The number of amides is 1. The van der Waals surface area contributed by atoms with Gasteiger partial charge < -0.3 is 10.1 Å². The molecule has 5 nitrogen and oxygen atoms in total. The van der Waals surface area contributed by atoms with E-state index < -0.39 is 0 Å². The fourth-order valence-electron chi connectivity index (χ4n) is 2.74. The van der Waals surface area contributed by atoms with Crippen LogP contribution in [0.4, 0.5) is 5.82 Å². The van der Waals surface area contributed by atoms with Crippen molar-refractivity contribution in [2.75, 3.05) is 25.0 Å². The SMILES string of the molecule is O=C(CN(Cc1ccsc1)C[C@@H]1CCCO1)Nc1ccc(Cl)cn1. The van der Waals surface area contributed by atoms with Gasteiger partial charge in [0, 0.05) is 25.9 Å². The van der Waals surface area contributed by atoms with Gasteiger partial charge in [0.1, 0.15) is 5.82 Å². The molecule has 1 aliphatic rings. The molecule has 0 saturated carbocycles. The van der Waals surface area contributed by atoms with Crippen LogP contribution >= 0.6 is 22.9 Å². The van der Waals surface area contributed by atoms with Gasteiger partial charge in [-0.1, -0.05) is 11.6 Å². The van der Waals surface area contributed by atoms with Gasteiger partial charge in [0.2, 0.25) is 5.91 Å². The second kappa shape index (κ2) is 8.58. The molecule has 7 heteroatoms. The summed E-state index contributed by atoms with van der Waals surface area (Å²) >= 11 is 7.48. The summed E-state index contributed by atoms with van der Waals surface area (Å²) in [5, 5.41) is 7.53. The Morgan fingerprint density at radius 1 is 1.46 bits per heavy atom. The number of anilines is 1. The first-order valence-corrected chi connectivity index (χ1v) is 9.27. The van der Waals surface area contributed by atoms with E-state index in [2.05, 4.69) is 32.0 Å². The first-order valence-electron chi connectivity index (χ1n) is 7.95. The number of thiophene rings is 1. The third-order valence-corrected chi connectivity index (χ3v) is 4.79. The molecule has 1 saturated heterocycles. The lowest BCUT2D eigenvalue weighted by Gasteiger charge is -2.24. The third kappa shape index (κ3) is 5.27. The minimum absolute atomic E-state index is 0.0851. The van der Waals surface area contributed by atoms with E-state index in [-0.39, 0.29) is 12.0 Å². The van der Waals surface area contributed by atoms with Crippen LogP contribution in [0.3, 0.4) is 0 Å². The summed E-state index contributed by atoms with van der Waals surface area (Å²) in [5.41, 5.74) is 1.22. The minimum atomic E-state index is -0.0851. The summed E-state index contributed by atoms with van der Waals surface area (Å²) in [6.07, 6.45) is 3.88. The second-order valence-electron chi connectivity index (χ2n) is 5.85. The van der Waals surface area contributed by atoms with E-state index in [0.717, 1.165) is 32.5 Å². The smallest absolute Gasteiger partial charge is 0.239 e. The minimum Gasteiger partial charge on any atom is -0.377 e. The number of nitrogens with one attached hydrogen (secondary N) is 1. The predicted molar refractivity (Wildman–Crippen MR) is 96.4 cm³/mol. The maximum atomic E-state index is 12.3. The number of carbonyl (C=O) groups is 1. The Kier molecular flexibility index (Phi) is 6.20. The molecule has 0 bridgehead atoms. The number of pyridine rings is 1. The molecule has 0 unspecified atom stereocenters. The van der Waals surface area contributed by atoms with Crippen molar-refractivity contribution in [2.24, 2.45) is 0 Å². The zero-order valence-electron chi connectivity index (χ0n) is 13.3. The average Bonchev–Trinajstić information content (AvgIpc) is 3.23. The molecule has 1 amide bonds. The van der Waals surface area contributed by atoms with Gasteiger partial charge in [0.05, 0.1) is 17.7 Å². The maximum absolute atomic E-state index is 12.3. The van der Waals surface area contributed by atoms with Crippen LogP contribution in [0.1, 0.15) is 18.4 Å². The quantitative estimate of drug-likeness (QED) is 0.816. The number of ether oxygens (including phenoxy) is 1. The Morgan fingerprint density at radius 2 is 2.38 bits per heavy atom. The van der Waals surface area contributed by atoms with Gasteiger partial charge in [-0.05, 0) is 47.4 Å². The molecule has 3 rings (SSSR count). The lowest BCUT2D eigenvalue weighted by molar-refractivity contribution is -0.117. The summed E-state index contributed by atoms with van der Waals surface area (Å²) in [6, 6.07) is 5.50. The topological polar surface area (TPSA) is 54.5 Å². The van der Waals surface area contributed by atoms with Crippen molar-refractivity contribution < 1.29 is 9.53 Å². The Hall–Kier alpha value is -1.47. The second-order valence-corrected chi connectivity index (χ2v) is 7.06. The van der Waals surface area contributed by atoms with Crippen LogP contribution in [0.15, 0.2) is 35.2 Å². The molecule has 2 aromatic rings. The number of hydrogen-bond donors (Lipinski definition) is 1. The van der Waals surface area contributed by atoms with Gasteiger partial charge in [-0.2, -0.15) is 11.3 Å². The number of halogens is 1.